The van der Waals surface area contributed by atoms with Crippen molar-refractivity contribution in [3.8, 4) is 6.07 Å². The number of rotatable bonds is 4. The van der Waals surface area contributed by atoms with Crippen LogP contribution in [0.5, 0.6) is 0 Å². The summed E-state index contributed by atoms with van der Waals surface area (Å²) in [6.45, 7) is 0. The van der Waals surface area contributed by atoms with Crippen LogP contribution in [0.2, 0.25) is 10.0 Å². The Morgan fingerprint density at radius 3 is 2.42 bits per heavy atom. The Bertz CT molecular complexity index is 587. The average Bonchev–Trinajstić information content (AvgIpc) is 2.42. The van der Waals surface area contributed by atoms with E-state index in [2.05, 4.69) is 18.2 Å². The molecule has 0 aliphatic rings. The van der Waals surface area contributed by atoms with E-state index in [0.29, 0.717) is 10.0 Å². The van der Waals surface area contributed by atoms with Gasteiger partial charge < -0.3 is 0 Å². The van der Waals surface area contributed by atoms with Crippen LogP contribution in [0.4, 0.5) is 0 Å². The summed E-state index contributed by atoms with van der Waals surface area (Å²) in [5, 5.41) is 10.5. The second kappa shape index (κ2) is 6.61. The smallest absolute Gasteiger partial charge is 0.0730 e. The van der Waals surface area contributed by atoms with E-state index >= 15 is 0 Å². The molecule has 0 saturated carbocycles. The monoisotopic (exact) mass is 289 g/mol. The van der Waals surface area contributed by atoms with Crippen LogP contribution in [0.25, 0.3) is 0 Å². The third-order valence-electron chi connectivity index (χ3n) is 3.06. The minimum atomic E-state index is -0.204. The van der Waals surface area contributed by atoms with E-state index < -0.39 is 0 Å². The molecule has 0 saturated heterocycles. The first-order valence-electron chi connectivity index (χ1n) is 6.09. The molecule has 3 heteroatoms. The first-order valence-corrected chi connectivity index (χ1v) is 6.85. The summed E-state index contributed by atoms with van der Waals surface area (Å²) in [5.74, 6) is -0.204. The van der Waals surface area contributed by atoms with Crippen molar-refractivity contribution in [1.82, 2.24) is 0 Å². The predicted molar refractivity (Wildman–Crippen MR) is 79.6 cm³/mol. The average molecular weight is 290 g/mol. The second-order valence-electron chi connectivity index (χ2n) is 4.37. The lowest BCUT2D eigenvalue weighted by molar-refractivity contribution is 0.746. The number of nitriles is 1. The van der Waals surface area contributed by atoms with E-state index in [-0.39, 0.29) is 5.92 Å². The van der Waals surface area contributed by atoms with Gasteiger partial charge in [0.2, 0.25) is 0 Å². The van der Waals surface area contributed by atoms with Gasteiger partial charge in [-0.05, 0) is 36.1 Å². The Morgan fingerprint density at radius 2 is 1.79 bits per heavy atom. The summed E-state index contributed by atoms with van der Waals surface area (Å²) in [4.78, 5) is 0. The predicted octanol–water partition coefficient (Wildman–Crippen LogP) is 5.23. The zero-order valence-electron chi connectivity index (χ0n) is 10.3. The summed E-state index contributed by atoms with van der Waals surface area (Å²) in [7, 11) is 0. The fourth-order valence-electron chi connectivity index (χ4n) is 2.03. The van der Waals surface area contributed by atoms with Gasteiger partial charge >= 0.3 is 0 Å². The number of benzene rings is 2. The van der Waals surface area contributed by atoms with Gasteiger partial charge in [0, 0.05) is 10.0 Å². The summed E-state index contributed by atoms with van der Waals surface area (Å²) in [6.07, 6.45) is 1.61. The molecule has 0 fully saturated rings. The molecular weight excluding hydrogens is 277 g/mol. The molecule has 19 heavy (non-hydrogen) atoms. The van der Waals surface area contributed by atoms with Crippen molar-refractivity contribution < 1.29 is 0 Å². The number of halogens is 2. The van der Waals surface area contributed by atoms with Gasteiger partial charge in [-0.2, -0.15) is 5.26 Å². The van der Waals surface area contributed by atoms with Crippen LogP contribution < -0.4 is 0 Å². The molecule has 1 unspecified atom stereocenters. The van der Waals surface area contributed by atoms with E-state index in [4.69, 9.17) is 23.2 Å². The molecule has 0 aromatic heterocycles. The molecule has 2 aromatic carbocycles. The highest BCUT2D eigenvalue weighted by Crippen LogP contribution is 2.30. The lowest BCUT2D eigenvalue weighted by Gasteiger charge is -2.11. The van der Waals surface area contributed by atoms with E-state index in [0.717, 1.165) is 18.4 Å². The first kappa shape index (κ1) is 13.9. The Labute approximate surface area is 123 Å². The molecule has 1 nitrogen and oxygen atoms in total. The minimum Gasteiger partial charge on any atom is -0.198 e. The van der Waals surface area contributed by atoms with Gasteiger partial charge in [0.1, 0.15) is 0 Å². The number of nitrogens with zero attached hydrogens (tertiary/aromatic N) is 1. The van der Waals surface area contributed by atoms with Crippen molar-refractivity contribution in [2.45, 2.75) is 18.8 Å². The minimum absolute atomic E-state index is 0.204. The molecule has 0 radical (unpaired) electrons. The highest BCUT2D eigenvalue weighted by atomic mass is 35.5. The zero-order chi connectivity index (χ0) is 13.7. The maximum atomic E-state index is 9.31. The molecule has 96 valence electrons. The summed E-state index contributed by atoms with van der Waals surface area (Å²) < 4.78 is 0. The molecule has 2 aromatic rings. The van der Waals surface area contributed by atoms with Gasteiger partial charge in [-0.3, -0.25) is 0 Å². The molecule has 0 aliphatic carbocycles. The fraction of sp³-hybridized carbons (Fsp3) is 0.188. The maximum Gasteiger partial charge on any atom is 0.0730 e. The van der Waals surface area contributed by atoms with Crippen LogP contribution in [0.1, 0.15) is 23.5 Å². The van der Waals surface area contributed by atoms with Crippen LogP contribution in [0.15, 0.2) is 48.5 Å². The van der Waals surface area contributed by atoms with Crippen LogP contribution in [-0.4, -0.2) is 0 Å². The van der Waals surface area contributed by atoms with Crippen molar-refractivity contribution >= 4 is 23.2 Å². The van der Waals surface area contributed by atoms with E-state index in [9.17, 15) is 5.26 Å². The normalized spacial score (nSPS) is 11.8. The SMILES string of the molecule is N#CC(CCc1ccccc1)c1ccc(Cl)cc1Cl. The fourth-order valence-corrected chi connectivity index (χ4v) is 2.57. The molecule has 0 N–H and O–H groups in total. The highest BCUT2D eigenvalue weighted by Gasteiger charge is 2.14. The van der Waals surface area contributed by atoms with Crippen molar-refractivity contribution in [3.63, 3.8) is 0 Å². The summed E-state index contributed by atoms with van der Waals surface area (Å²) >= 11 is 12.0. The molecule has 0 heterocycles. The topological polar surface area (TPSA) is 23.8 Å². The standard InChI is InChI=1S/C16H13Cl2N/c17-14-8-9-15(16(18)10-14)13(11-19)7-6-12-4-2-1-3-5-12/h1-5,8-10,13H,6-7H2. The van der Waals surface area contributed by atoms with Crippen LogP contribution >= 0.6 is 23.2 Å². The van der Waals surface area contributed by atoms with Crippen LogP contribution in [-0.2, 0) is 6.42 Å². The van der Waals surface area contributed by atoms with Crippen molar-refractivity contribution in [1.29, 1.82) is 5.26 Å². The van der Waals surface area contributed by atoms with E-state index in [1.807, 2.05) is 24.3 Å². The molecule has 1 atom stereocenters. The lowest BCUT2D eigenvalue weighted by atomic mass is 9.93. The Morgan fingerprint density at radius 1 is 1.05 bits per heavy atom. The van der Waals surface area contributed by atoms with Crippen LogP contribution in [0.3, 0.4) is 0 Å². The van der Waals surface area contributed by atoms with Crippen molar-refractivity contribution in [2.75, 3.05) is 0 Å². The Kier molecular flexibility index (Phi) is 4.85. The third kappa shape index (κ3) is 3.73. The zero-order valence-corrected chi connectivity index (χ0v) is 11.8. The number of hydrogen-bond donors (Lipinski definition) is 0. The van der Waals surface area contributed by atoms with Gasteiger partial charge in [-0.25, -0.2) is 0 Å². The summed E-state index contributed by atoms with van der Waals surface area (Å²) in [5.41, 5.74) is 2.08. The largest absolute Gasteiger partial charge is 0.198 e. The maximum absolute atomic E-state index is 9.31. The van der Waals surface area contributed by atoms with E-state index in [1.165, 1.54) is 5.56 Å². The number of aryl methyl sites for hydroxylation is 1. The van der Waals surface area contributed by atoms with Crippen molar-refractivity contribution in [3.05, 3.63) is 69.7 Å². The highest BCUT2D eigenvalue weighted by molar-refractivity contribution is 6.35. The van der Waals surface area contributed by atoms with Gasteiger partial charge in [0.15, 0.2) is 0 Å². The third-order valence-corrected chi connectivity index (χ3v) is 3.62. The van der Waals surface area contributed by atoms with Gasteiger partial charge in [-0.15, -0.1) is 0 Å². The quantitative estimate of drug-likeness (QED) is 0.756. The molecular formula is C16H13Cl2N. The molecule has 0 spiro atoms. The summed E-state index contributed by atoms with van der Waals surface area (Å²) in [6, 6.07) is 17.8. The molecule has 0 bridgehead atoms. The van der Waals surface area contributed by atoms with Gasteiger partial charge in [0.25, 0.3) is 0 Å². The number of hydrogen-bond acceptors (Lipinski definition) is 1. The molecule has 0 aliphatic heterocycles. The van der Waals surface area contributed by atoms with Crippen molar-refractivity contribution in [2.24, 2.45) is 0 Å². The Hall–Kier alpha value is -1.49. The molecule has 2 rings (SSSR count). The van der Waals surface area contributed by atoms with Crippen LogP contribution in [0, 0.1) is 11.3 Å². The first-order chi connectivity index (χ1) is 9.20. The van der Waals surface area contributed by atoms with Gasteiger partial charge in [0.05, 0.1) is 12.0 Å². The van der Waals surface area contributed by atoms with E-state index in [1.54, 1.807) is 12.1 Å². The second-order valence-corrected chi connectivity index (χ2v) is 5.22. The lowest BCUT2D eigenvalue weighted by Crippen LogP contribution is -1.99. The van der Waals surface area contributed by atoms with Gasteiger partial charge in [-0.1, -0.05) is 59.6 Å². The molecule has 0 amide bonds. The Balaban J connectivity index is 2.11.